The van der Waals surface area contributed by atoms with Gasteiger partial charge in [0.25, 0.3) is 0 Å². The second-order valence-corrected chi connectivity index (χ2v) is 6.33. The second kappa shape index (κ2) is 4.67. The number of nitrogens with two attached hydrogens (primary N) is 1. The van der Waals surface area contributed by atoms with Crippen LogP contribution in [-0.4, -0.2) is 23.9 Å². The molecule has 1 saturated carbocycles. The Morgan fingerprint density at radius 3 is 2.89 bits per heavy atom. The summed E-state index contributed by atoms with van der Waals surface area (Å²) in [5.74, 6) is 0.310. The highest BCUT2D eigenvalue weighted by molar-refractivity contribution is 7.07. The lowest BCUT2D eigenvalue weighted by Gasteiger charge is -2.43. The number of amides is 1. The molecule has 1 aliphatic heterocycles. The molecule has 1 saturated heterocycles. The van der Waals surface area contributed by atoms with Crippen LogP contribution in [0.15, 0.2) is 16.8 Å². The monoisotopic (exact) mass is 264 g/mol. The molecular weight excluding hydrogens is 244 g/mol. The van der Waals surface area contributed by atoms with E-state index in [2.05, 4.69) is 21.7 Å². The zero-order chi connectivity index (χ0) is 12.6. The van der Waals surface area contributed by atoms with E-state index in [0.29, 0.717) is 18.5 Å². The number of likely N-dealkylation sites (tertiary alicyclic amines) is 1. The van der Waals surface area contributed by atoms with Gasteiger partial charge in [-0.1, -0.05) is 6.42 Å². The first-order valence-corrected chi connectivity index (χ1v) is 7.74. The maximum atomic E-state index is 12.7. The van der Waals surface area contributed by atoms with Crippen LogP contribution in [0, 0.1) is 5.41 Å². The number of carbonyl (C=O) groups excluding carboxylic acids is 1. The van der Waals surface area contributed by atoms with Crippen molar-refractivity contribution in [2.45, 2.75) is 38.1 Å². The van der Waals surface area contributed by atoms with Crippen LogP contribution in [0.25, 0.3) is 0 Å². The van der Waals surface area contributed by atoms with Crippen molar-refractivity contribution < 1.29 is 4.79 Å². The Kier molecular flexibility index (Phi) is 3.16. The van der Waals surface area contributed by atoms with Crippen LogP contribution < -0.4 is 5.73 Å². The SMILES string of the molecule is NCC1(C(=O)N2CCCC2c2ccsc2)CCC1. The molecule has 18 heavy (non-hydrogen) atoms. The van der Waals surface area contributed by atoms with E-state index < -0.39 is 0 Å². The number of hydrogen-bond donors (Lipinski definition) is 1. The number of hydrogen-bond acceptors (Lipinski definition) is 3. The van der Waals surface area contributed by atoms with Crippen LogP contribution in [0.1, 0.15) is 43.7 Å². The standard InChI is InChI=1S/C14H20N2OS/c15-10-14(5-2-6-14)13(17)16-7-1-3-12(16)11-4-8-18-9-11/h4,8-9,12H,1-3,5-7,10,15H2. The lowest BCUT2D eigenvalue weighted by molar-refractivity contribution is -0.147. The highest BCUT2D eigenvalue weighted by atomic mass is 32.1. The first-order valence-electron chi connectivity index (χ1n) is 6.80. The molecule has 1 atom stereocenters. The van der Waals surface area contributed by atoms with Crippen molar-refractivity contribution in [2.75, 3.05) is 13.1 Å². The maximum Gasteiger partial charge on any atom is 0.230 e. The fourth-order valence-corrected chi connectivity index (χ4v) is 3.94. The molecule has 2 aliphatic rings. The normalized spacial score (nSPS) is 26.1. The molecule has 2 heterocycles. The minimum Gasteiger partial charge on any atom is -0.335 e. The predicted octanol–water partition coefficient (Wildman–Crippen LogP) is 2.54. The smallest absolute Gasteiger partial charge is 0.230 e. The van der Waals surface area contributed by atoms with E-state index in [1.54, 1.807) is 11.3 Å². The molecule has 0 spiro atoms. The summed E-state index contributed by atoms with van der Waals surface area (Å²) in [4.78, 5) is 14.8. The molecule has 1 aromatic heterocycles. The van der Waals surface area contributed by atoms with Crippen molar-refractivity contribution in [3.8, 4) is 0 Å². The summed E-state index contributed by atoms with van der Waals surface area (Å²) < 4.78 is 0. The quantitative estimate of drug-likeness (QED) is 0.912. The van der Waals surface area contributed by atoms with Gasteiger partial charge < -0.3 is 10.6 Å². The van der Waals surface area contributed by atoms with Gasteiger partial charge in [-0.15, -0.1) is 0 Å². The zero-order valence-corrected chi connectivity index (χ0v) is 11.4. The average molecular weight is 264 g/mol. The van der Waals surface area contributed by atoms with Gasteiger partial charge in [0.05, 0.1) is 11.5 Å². The van der Waals surface area contributed by atoms with Gasteiger partial charge in [-0.2, -0.15) is 11.3 Å². The van der Waals surface area contributed by atoms with Crippen molar-refractivity contribution in [1.82, 2.24) is 4.90 Å². The summed E-state index contributed by atoms with van der Waals surface area (Å²) in [5, 5.41) is 4.27. The van der Waals surface area contributed by atoms with Crippen molar-refractivity contribution in [1.29, 1.82) is 0 Å². The van der Waals surface area contributed by atoms with Crippen molar-refractivity contribution in [3.63, 3.8) is 0 Å². The number of thiophene rings is 1. The minimum absolute atomic E-state index is 0.224. The molecule has 2 N–H and O–H groups in total. The third kappa shape index (κ3) is 1.79. The Balaban J connectivity index is 1.81. The average Bonchev–Trinajstić information content (AvgIpc) is 2.99. The molecular formula is C14H20N2OS. The largest absolute Gasteiger partial charge is 0.335 e. The van der Waals surface area contributed by atoms with Gasteiger partial charge in [0.1, 0.15) is 0 Å². The van der Waals surface area contributed by atoms with E-state index in [-0.39, 0.29) is 5.41 Å². The van der Waals surface area contributed by atoms with Gasteiger partial charge >= 0.3 is 0 Å². The minimum atomic E-state index is -0.224. The Labute approximate surface area is 112 Å². The molecule has 3 nitrogen and oxygen atoms in total. The molecule has 3 rings (SSSR count). The first kappa shape index (κ1) is 12.2. The summed E-state index contributed by atoms with van der Waals surface area (Å²) in [6, 6.07) is 2.45. The van der Waals surface area contributed by atoms with Crippen LogP contribution >= 0.6 is 11.3 Å². The van der Waals surface area contributed by atoms with Gasteiger partial charge in [-0.25, -0.2) is 0 Å². The highest BCUT2D eigenvalue weighted by Gasteiger charge is 2.47. The molecule has 2 fully saturated rings. The lowest BCUT2D eigenvalue weighted by Crippen LogP contribution is -2.51. The molecule has 1 unspecified atom stereocenters. The van der Waals surface area contributed by atoms with E-state index in [0.717, 1.165) is 38.6 Å². The van der Waals surface area contributed by atoms with Crippen molar-refractivity contribution in [2.24, 2.45) is 11.1 Å². The molecule has 1 aromatic rings. The molecule has 0 aromatic carbocycles. The fourth-order valence-electron chi connectivity index (χ4n) is 3.23. The molecule has 1 aliphatic carbocycles. The van der Waals surface area contributed by atoms with Gasteiger partial charge in [0, 0.05) is 13.1 Å². The Hall–Kier alpha value is -0.870. The predicted molar refractivity (Wildman–Crippen MR) is 73.3 cm³/mol. The van der Waals surface area contributed by atoms with Crippen LogP contribution in [0.4, 0.5) is 0 Å². The summed E-state index contributed by atoms with van der Waals surface area (Å²) >= 11 is 1.71. The summed E-state index contributed by atoms with van der Waals surface area (Å²) in [6.07, 6.45) is 5.33. The number of rotatable bonds is 3. The molecule has 4 heteroatoms. The van der Waals surface area contributed by atoms with E-state index in [1.807, 2.05) is 0 Å². The Morgan fingerprint density at radius 2 is 2.33 bits per heavy atom. The van der Waals surface area contributed by atoms with Gasteiger partial charge in [-0.3, -0.25) is 4.79 Å². The molecule has 0 radical (unpaired) electrons. The third-order valence-corrected chi connectivity index (χ3v) is 5.30. The Morgan fingerprint density at radius 1 is 1.50 bits per heavy atom. The second-order valence-electron chi connectivity index (χ2n) is 5.55. The van der Waals surface area contributed by atoms with E-state index in [1.165, 1.54) is 5.56 Å². The topological polar surface area (TPSA) is 46.3 Å². The van der Waals surface area contributed by atoms with Crippen LogP contribution in [0.5, 0.6) is 0 Å². The summed E-state index contributed by atoms with van der Waals surface area (Å²) in [7, 11) is 0. The van der Waals surface area contributed by atoms with Crippen LogP contribution in [-0.2, 0) is 4.79 Å². The highest BCUT2D eigenvalue weighted by Crippen LogP contribution is 2.45. The summed E-state index contributed by atoms with van der Waals surface area (Å²) in [6.45, 7) is 1.42. The van der Waals surface area contributed by atoms with E-state index in [9.17, 15) is 4.79 Å². The van der Waals surface area contributed by atoms with Gasteiger partial charge in [0.2, 0.25) is 5.91 Å². The van der Waals surface area contributed by atoms with E-state index in [4.69, 9.17) is 5.73 Å². The third-order valence-electron chi connectivity index (χ3n) is 4.60. The van der Waals surface area contributed by atoms with Crippen molar-refractivity contribution >= 4 is 17.2 Å². The fraction of sp³-hybridized carbons (Fsp3) is 0.643. The first-order chi connectivity index (χ1) is 8.77. The van der Waals surface area contributed by atoms with Crippen molar-refractivity contribution in [3.05, 3.63) is 22.4 Å². The maximum absolute atomic E-state index is 12.7. The van der Waals surface area contributed by atoms with Crippen LogP contribution in [0.2, 0.25) is 0 Å². The number of carbonyl (C=O) groups is 1. The molecule has 98 valence electrons. The zero-order valence-electron chi connectivity index (χ0n) is 10.6. The van der Waals surface area contributed by atoms with Crippen LogP contribution in [0.3, 0.4) is 0 Å². The lowest BCUT2D eigenvalue weighted by atomic mass is 9.67. The van der Waals surface area contributed by atoms with Gasteiger partial charge in [-0.05, 0) is 48.1 Å². The number of nitrogens with zero attached hydrogens (tertiary/aromatic N) is 1. The molecule has 1 amide bonds. The van der Waals surface area contributed by atoms with Gasteiger partial charge in [0.15, 0.2) is 0 Å². The molecule has 0 bridgehead atoms. The summed E-state index contributed by atoms with van der Waals surface area (Å²) in [5.41, 5.74) is 6.94. The van der Waals surface area contributed by atoms with E-state index >= 15 is 0 Å². The Bertz CT molecular complexity index is 420.